The summed E-state index contributed by atoms with van der Waals surface area (Å²) in [5.41, 5.74) is -2.91. The third kappa shape index (κ3) is 2.27. The maximum atomic E-state index is 12.2. The number of alkyl halides is 3. The van der Waals surface area contributed by atoms with E-state index in [1.165, 1.54) is 0 Å². The molecule has 0 saturated heterocycles. The fourth-order valence-electron chi connectivity index (χ4n) is 1.05. The summed E-state index contributed by atoms with van der Waals surface area (Å²) in [5.74, 6) is -1.61. The van der Waals surface area contributed by atoms with Crippen LogP contribution in [0.2, 0.25) is 0 Å². The Labute approximate surface area is 86.3 Å². The average molecular weight is 236 g/mol. The van der Waals surface area contributed by atoms with Crippen LogP contribution in [0.5, 0.6) is 0 Å². The number of aromatic carboxylic acids is 1. The van der Waals surface area contributed by atoms with Gasteiger partial charge in [-0.05, 0) is 12.1 Å². The van der Waals surface area contributed by atoms with Crippen molar-refractivity contribution in [2.24, 2.45) is 0 Å². The van der Waals surface area contributed by atoms with Crippen LogP contribution in [0.15, 0.2) is 18.2 Å². The van der Waals surface area contributed by atoms with Crippen molar-refractivity contribution in [3.63, 3.8) is 0 Å². The minimum absolute atomic E-state index is 0.260. The van der Waals surface area contributed by atoms with Gasteiger partial charge in [-0.25, -0.2) is 10.0 Å². The Balaban J connectivity index is 3.40. The molecule has 1 aromatic rings. The van der Waals surface area contributed by atoms with Crippen LogP contribution in [0.25, 0.3) is 0 Å². The minimum atomic E-state index is -4.72. The molecular formula is C8H5F3NO4+. The van der Waals surface area contributed by atoms with Crippen LogP contribution in [-0.2, 0) is 6.18 Å². The molecule has 0 aliphatic heterocycles. The van der Waals surface area contributed by atoms with Gasteiger partial charge in [-0.1, -0.05) is 0 Å². The zero-order chi connectivity index (χ0) is 12.5. The first-order valence-corrected chi connectivity index (χ1v) is 3.84. The van der Waals surface area contributed by atoms with Gasteiger partial charge in [0.1, 0.15) is 5.56 Å². The highest BCUT2D eigenvalue weighted by Crippen LogP contribution is 2.32. The number of carboxylic acid groups (broad SMARTS) is 1. The molecule has 16 heavy (non-hydrogen) atoms. The minimum Gasteiger partial charge on any atom is -0.477 e. The maximum Gasteiger partial charge on any atom is 0.416 e. The Hall–Kier alpha value is -2.12. The van der Waals surface area contributed by atoms with Crippen molar-refractivity contribution in [2.75, 3.05) is 0 Å². The van der Waals surface area contributed by atoms with Crippen LogP contribution < -0.4 is 0 Å². The van der Waals surface area contributed by atoms with Crippen molar-refractivity contribution < 1.29 is 33.2 Å². The largest absolute Gasteiger partial charge is 0.477 e. The van der Waals surface area contributed by atoms with E-state index in [9.17, 15) is 22.9 Å². The van der Waals surface area contributed by atoms with E-state index in [1.807, 2.05) is 0 Å². The van der Waals surface area contributed by atoms with E-state index in [-0.39, 0.29) is 6.07 Å². The van der Waals surface area contributed by atoms with E-state index in [1.54, 1.807) is 0 Å². The van der Waals surface area contributed by atoms with Gasteiger partial charge in [0.25, 0.3) is 4.92 Å². The summed E-state index contributed by atoms with van der Waals surface area (Å²) in [5, 5.41) is 17.0. The summed E-state index contributed by atoms with van der Waals surface area (Å²) in [6, 6.07) is 1.37. The molecule has 0 amide bonds. The Kier molecular flexibility index (Phi) is 2.84. The lowest BCUT2D eigenvalue weighted by atomic mass is 10.1. The van der Waals surface area contributed by atoms with Crippen molar-refractivity contribution >= 4 is 11.7 Å². The second-order valence-electron chi connectivity index (χ2n) is 2.81. The van der Waals surface area contributed by atoms with Crippen molar-refractivity contribution in [1.82, 2.24) is 0 Å². The molecule has 0 saturated carbocycles. The molecular weight excluding hydrogens is 231 g/mol. The summed E-state index contributed by atoms with van der Waals surface area (Å²) in [6.45, 7) is 0. The van der Waals surface area contributed by atoms with Crippen molar-refractivity contribution in [3.05, 3.63) is 34.2 Å². The lowest BCUT2D eigenvalue weighted by molar-refractivity contribution is -0.729. The first-order chi connectivity index (χ1) is 7.23. The monoisotopic (exact) mass is 236 g/mol. The van der Waals surface area contributed by atoms with Gasteiger partial charge in [-0.3, -0.25) is 0 Å². The summed E-state index contributed by atoms with van der Waals surface area (Å²) in [6.07, 6.45) is -4.72. The first kappa shape index (κ1) is 12.0. The highest BCUT2D eigenvalue weighted by atomic mass is 19.4. The van der Waals surface area contributed by atoms with E-state index < -0.39 is 33.9 Å². The smallest absolute Gasteiger partial charge is 0.416 e. The molecule has 86 valence electrons. The molecule has 8 heteroatoms. The molecule has 2 N–H and O–H groups in total. The summed E-state index contributed by atoms with van der Waals surface area (Å²) >= 11 is 0. The number of hydrogen-bond acceptors (Lipinski definition) is 2. The molecule has 1 rings (SSSR count). The van der Waals surface area contributed by atoms with Gasteiger partial charge in [0.15, 0.2) is 0 Å². The molecule has 0 spiro atoms. The molecule has 0 bridgehead atoms. The van der Waals surface area contributed by atoms with Gasteiger partial charge in [0.2, 0.25) is 0 Å². The van der Waals surface area contributed by atoms with Gasteiger partial charge >= 0.3 is 17.8 Å². The van der Waals surface area contributed by atoms with Crippen molar-refractivity contribution in [3.8, 4) is 0 Å². The Morgan fingerprint density at radius 1 is 1.31 bits per heavy atom. The highest BCUT2D eigenvalue weighted by Gasteiger charge is 2.35. The van der Waals surface area contributed by atoms with E-state index in [2.05, 4.69) is 0 Å². The predicted octanol–water partition coefficient (Wildman–Crippen LogP) is 2.20. The average Bonchev–Trinajstić information content (AvgIpc) is 2.15. The van der Waals surface area contributed by atoms with Crippen LogP contribution in [0.1, 0.15) is 15.9 Å². The number of hydrogen-bond donors (Lipinski definition) is 2. The van der Waals surface area contributed by atoms with E-state index in [0.29, 0.717) is 12.1 Å². The second kappa shape index (κ2) is 3.80. The molecule has 0 fully saturated rings. The van der Waals surface area contributed by atoms with E-state index >= 15 is 0 Å². The fraction of sp³-hybridized carbons (Fsp3) is 0.125. The van der Waals surface area contributed by atoms with Crippen LogP contribution in [0.4, 0.5) is 18.9 Å². The number of nitrogens with zero attached hydrogens (tertiary/aromatic N) is 1. The van der Waals surface area contributed by atoms with Crippen LogP contribution in [0, 0.1) is 4.91 Å². The molecule has 0 aliphatic carbocycles. The zero-order valence-electron chi connectivity index (χ0n) is 7.52. The molecule has 0 unspecified atom stereocenters. The molecule has 0 heterocycles. The number of rotatable bonds is 2. The van der Waals surface area contributed by atoms with E-state index in [4.69, 9.17) is 10.3 Å². The van der Waals surface area contributed by atoms with E-state index in [0.717, 1.165) is 0 Å². The van der Waals surface area contributed by atoms with Gasteiger partial charge < -0.3 is 5.11 Å². The van der Waals surface area contributed by atoms with Gasteiger partial charge in [0, 0.05) is 6.07 Å². The predicted molar refractivity (Wildman–Crippen MR) is 43.5 cm³/mol. The van der Waals surface area contributed by atoms with Crippen molar-refractivity contribution in [2.45, 2.75) is 6.18 Å². The van der Waals surface area contributed by atoms with Gasteiger partial charge in [-0.2, -0.15) is 13.2 Å². The van der Waals surface area contributed by atoms with Crippen LogP contribution in [0.3, 0.4) is 0 Å². The van der Waals surface area contributed by atoms with Crippen molar-refractivity contribution in [1.29, 1.82) is 0 Å². The lowest BCUT2D eigenvalue weighted by Gasteiger charge is -2.05. The first-order valence-electron chi connectivity index (χ1n) is 3.84. The quantitative estimate of drug-likeness (QED) is 0.771. The molecule has 0 atom stereocenters. The van der Waals surface area contributed by atoms with Gasteiger partial charge in [-0.15, -0.1) is 0 Å². The number of carbonyl (C=O) groups is 1. The standard InChI is InChI=1S/C8H4F3NO4/c9-8(10,11)4-1-2-5(7(13)14)6(3-4)12(15)16/h1-3H,(H-,13,14,15,16)/p+1. The Morgan fingerprint density at radius 3 is 2.25 bits per heavy atom. The van der Waals surface area contributed by atoms with Crippen LogP contribution in [-0.4, -0.2) is 21.2 Å². The number of carboxylic acids is 1. The van der Waals surface area contributed by atoms with Gasteiger partial charge in [0.05, 0.1) is 10.5 Å². The fourth-order valence-corrected chi connectivity index (χ4v) is 1.05. The third-order valence-corrected chi connectivity index (χ3v) is 1.76. The zero-order valence-corrected chi connectivity index (χ0v) is 7.52. The normalized spacial score (nSPS) is 11.2. The second-order valence-corrected chi connectivity index (χ2v) is 2.81. The summed E-state index contributed by atoms with van der Waals surface area (Å²) < 4.78 is 36.6. The Bertz CT molecular complexity index is 455. The molecule has 1 aromatic carbocycles. The molecule has 0 radical (unpaired) electrons. The topological polar surface area (TPSA) is 77.6 Å². The molecule has 5 nitrogen and oxygen atoms in total. The SMILES string of the molecule is O=C(O)c1ccc(C(F)(F)F)cc1[N+](=O)O. The number of halogens is 3. The summed E-state index contributed by atoms with van der Waals surface area (Å²) in [4.78, 5) is 20.1. The lowest BCUT2D eigenvalue weighted by Crippen LogP contribution is -2.09. The third-order valence-electron chi connectivity index (χ3n) is 1.76. The summed E-state index contributed by atoms with van der Waals surface area (Å²) in [7, 11) is 0. The highest BCUT2D eigenvalue weighted by molar-refractivity contribution is 5.92. The number of benzene rings is 1. The Morgan fingerprint density at radius 2 is 1.88 bits per heavy atom. The maximum absolute atomic E-state index is 12.2. The van der Waals surface area contributed by atoms with Crippen LogP contribution >= 0.6 is 0 Å². The molecule has 0 aliphatic rings. The molecule has 0 aromatic heterocycles.